The van der Waals surface area contributed by atoms with Crippen molar-refractivity contribution in [2.75, 3.05) is 0 Å². The first-order valence-corrected chi connectivity index (χ1v) is 5.56. The maximum absolute atomic E-state index is 8.08. The highest BCUT2D eigenvalue weighted by atomic mass is 35.7. The van der Waals surface area contributed by atoms with Crippen LogP contribution in [0.5, 0.6) is 0 Å². The van der Waals surface area contributed by atoms with E-state index in [1.165, 1.54) is 0 Å². The predicted octanol–water partition coefficient (Wildman–Crippen LogP) is 2.01. The first-order valence-electron chi connectivity index (χ1n) is 0.752. The molecule has 0 amide bonds. The SMILES string of the molecule is C.OP(=S)(S)Cl. The number of halogens is 1. The van der Waals surface area contributed by atoms with Crippen LogP contribution in [0.4, 0.5) is 0 Å². The van der Waals surface area contributed by atoms with E-state index in [0.717, 1.165) is 0 Å². The quantitative estimate of drug-likeness (QED) is 0.422. The summed E-state index contributed by atoms with van der Waals surface area (Å²) in [6, 6.07) is 0. The van der Waals surface area contributed by atoms with Crippen LogP contribution in [0.15, 0.2) is 0 Å². The van der Waals surface area contributed by atoms with Gasteiger partial charge >= 0.3 is 0 Å². The molecule has 1 N–H and O–H groups in total. The second-order valence-electron chi connectivity index (χ2n) is 0.473. The summed E-state index contributed by atoms with van der Waals surface area (Å²) in [5, 5.41) is 0. The molecule has 0 fully saturated rings. The molecule has 1 atom stereocenters. The molecule has 1 nitrogen and oxygen atoms in total. The van der Waals surface area contributed by atoms with Gasteiger partial charge in [0.25, 0.3) is 0 Å². The lowest BCUT2D eigenvalue weighted by Crippen LogP contribution is -1.38. The summed E-state index contributed by atoms with van der Waals surface area (Å²) >= 11 is 12.4. The Morgan fingerprint density at radius 1 is 1.83 bits per heavy atom. The fourth-order valence-electron chi connectivity index (χ4n) is 0. The Kier molecular flexibility index (Phi) is 5.61. The van der Waals surface area contributed by atoms with Gasteiger partial charge in [0.2, 0.25) is 4.82 Å². The first kappa shape index (κ1) is 10.3. The molecule has 0 spiro atoms. The molecular weight excluding hydrogens is 159 g/mol. The van der Waals surface area contributed by atoms with Crippen molar-refractivity contribution in [1.29, 1.82) is 0 Å². The highest BCUT2D eigenvalue weighted by Gasteiger charge is 1.91. The molecule has 0 aliphatic heterocycles. The standard InChI is InChI=1S/CH4.ClH2OPS2/c;1-3(2,4)5/h1H4;(H2,2,4,5). The van der Waals surface area contributed by atoms with E-state index < -0.39 is 4.82 Å². The Morgan fingerprint density at radius 2 is 1.83 bits per heavy atom. The van der Waals surface area contributed by atoms with Gasteiger partial charge in [-0.25, -0.2) is 0 Å². The monoisotopic (exact) mass is 164 g/mol. The van der Waals surface area contributed by atoms with Gasteiger partial charge < -0.3 is 4.89 Å². The van der Waals surface area contributed by atoms with E-state index in [-0.39, 0.29) is 7.43 Å². The van der Waals surface area contributed by atoms with Crippen molar-refractivity contribution >= 4 is 40.1 Å². The molecule has 0 saturated carbocycles. The fourth-order valence-corrected chi connectivity index (χ4v) is 0. The zero-order chi connectivity index (χ0) is 4.50. The van der Waals surface area contributed by atoms with Crippen LogP contribution in [-0.4, -0.2) is 4.89 Å². The Morgan fingerprint density at radius 3 is 1.83 bits per heavy atom. The molecule has 0 rings (SSSR count). The van der Waals surface area contributed by atoms with Crippen molar-refractivity contribution in [3.8, 4) is 0 Å². The van der Waals surface area contributed by atoms with Crippen molar-refractivity contribution in [2.24, 2.45) is 0 Å². The Bertz CT molecular complexity index is 59.7. The highest BCUT2D eigenvalue weighted by Crippen LogP contribution is 2.51. The molecular formula is CH6ClOPS2. The smallest absolute Gasteiger partial charge is 0.201 e. The molecule has 5 heteroatoms. The minimum Gasteiger partial charge on any atom is -0.346 e. The molecule has 1 unspecified atom stereocenters. The third kappa shape index (κ3) is 60.7. The summed E-state index contributed by atoms with van der Waals surface area (Å²) in [4.78, 5) is 5.44. The van der Waals surface area contributed by atoms with Gasteiger partial charge in [0.05, 0.1) is 0 Å². The summed E-state index contributed by atoms with van der Waals surface area (Å²) in [5.41, 5.74) is 0. The van der Waals surface area contributed by atoms with Gasteiger partial charge in [0.1, 0.15) is 0 Å². The van der Waals surface area contributed by atoms with Gasteiger partial charge in [-0.15, -0.1) is 12.2 Å². The first-order chi connectivity index (χ1) is 2.00. The molecule has 0 aromatic carbocycles. The van der Waals surface area contributed by atoms with Gasteiger partial charge in [0.15, 0.2) is 0 Å². The minimum atomic E-state index is -2.64. The third-order valence-electron chi connectivity index (χ3n) is 0. The predicted molar refractivity (Wildman–Crippen MR) is 38.1 cm³/mol. The van der Waals surface area contributed by atoms with Crippen LogP contribution in [0.1, 0.15) is 7.43 Å². The molecule has 0 heterocycles. The summed E-state index contributed by atoms with van der Waals surface area (Å²) in [5.74, 6) is 0. The molecule has 0 radical (unpaired) electrons. The number of hydrogen-bond acceptors (Lipinski definition) is 1. The van der Waals surface area contributed by atoms with Crippen molar-refractivity contribution in [3.05, 3.63) is 0 Å². The largest absolute Gasteiger partial charge is 0.346 e. The van der Waals surface area contributed by atoms with Crippen LogP contribution >= 0.6 is 28.3 Å². The third-order valence-corrected chi connectivity index (χ3v) is 0. The van der Waals surface area contributed by atoms with Crippen LogP contribution in [-0.2, 0) is 11.8 Å². The van der Waals surface area contributed by atoms with Gasteiger partial charge in [-0.3, -0.25) is 0 Å². The van der Waals surface area contributed by atoms with E-state index in [9.17, 15) is 0 Å². The van der Waals surface area contributed by atoms with Crippen LogP contribution < -0.4 is 0 Å². The van der Waals surface area contributed by atoms with Gasteiger partial charge in [-0.05, 0) is 23.0 Å². The summed E-state index contributed by atoms with van der Waals surface area (Å²) < 4.78 is 0. The van der Waals surface area contributed by atoms with E-state index in [1.807, 2.05) is 0 Å². The van der Waals surface area contributed by atoms with E-state index >= 15 is 0 Å². The maximum atomic E-state index is 8.08. The average molecular weight is 165 g/mol. The van der Waals surface area contributed by atoms with Gasteiger partial charge in [-0.2, -0.15) is 0 Å². The van der Waals surface area contributed by atoms with Crippen molar-refractivity contribution in [2.45, 2.75) is 7.43 Å². The van der Waals surface area contributed by atoms with Crippen LogP contribution in [0.3, 0.4) is 0 Å². The molecule has 0 aromatic rings. The fraction of sp³-hybridized carbons (Fsp3) is 1.00. The molecule has 0 saturated heterocycles. The normalized spacial score (nSPS) is 17.8. The summed E-state index contributed by atoms with van der Waals surface area (Å²) in [6.07, 6.45) is 0. The molecule has 40 valence electrons. The zero-order valence-electron chi connectivity index (χ0n) is 2.13. The molecule has 0 aromatic heterocycles. The lowest BCUT2D eigenvalue weighted by molar-refractivity contribution is 0.653. The second kappa shape index (κ2) is 3.28. The maximum Gasteiger partial charge on any atom is 0.201 e. The molecule has 0 aliphatic carbocycles. The molecule has 0 bridgehead atoms. The molecule has 6 heavy (non-hydrogen) atoms. The van der Waals surface area contributed by atoms with Gasteiger partial charge in [0, 0.05) is 0 Å². The Balaban J connectivity index is 0. The summed E-state index contributed by atoms with van der Waals surface area (Å²) in [6.45, 7) is 0. The zero-order valence-corrected chi connectivity index (χ0v) is 5.49. The Hall–Kier alpha value is 1.25. The number of rotatable bonds is 0. The van der Waals surface area contributed by atoms with Crippen molar-refractivity contribution in [3.63, 3.8) is 0 Å². The topological polar surface area (TPSA) is 20.2 Å². The lowest BCUT2D eigenvalue weighted by Gasteiger charge is -1.86. The van der Waals surface area contributed by atoms with Crippen LogP contribution in [0, 0.1) is 0 Å². The van der Waals surface area contributed by atoms with E-state index in [1.54, 1.807) is 0 Å². The van der Waals surface area contributed by atoms with Gasteiger partial charge in [-0.1, -0.05) is 7.43 Å². The van der Waals surface area contributed by atoms with E-state index in [4.69, 9.17) is 16.1 Å². The van der Waals surface area contributed by atoms with Crippen molar-refractivity contribution in [1.82, 2.24) is 0 Å². The number of thiol groups is 1. The van der Waals surface area contributed by atoms with Crippen LogP contribution in [0.2, 0.25) is 0 Å². The van der Waals surface area contributed by atoms with E-state index in [0.29, 0.717) is 0 Å². The number of hydrogen-bond donors (Lipinski definition) is 2. The highest BCUT2D eigenvalue weighted by molar-refractivity contribution is 8.69. The molecule has 0 aliphatic rings. The lowest BCUT2D eigenvalue weighted by atomic mass is 12.0. The second-order valence-corrected chi connectivity index (χ2v) is 8.33. The average Bonchev–Trinajstić information content (AvgIpc) is 0.722. The minimum absolute atomic E-state index is 0. The van der Waals surface area contributed by atoms with Crippen LogP contribution in [0.25, 0.3) is 0 Å². The van der Waals surface area contributed by atoms with Crippen molar-refractivity contribution < 1.29 is 4.89 Å². The van der Waals surface area contributed by atoms with E-state index in [2.05, 4.69) is 24.1 Å². The summed E-state index contributed by atoms with van der Waals surface area (Å²) in [7, 11) is 0. The Labute approximate surface area is 52.7 Å².